The standard InChI is InChI=1S/C17H22FNO2/c1-12-5-6-14(18)10-15(12)16(20)19-9-8-17(21)7-3-2-4-13(17)11-19/h5-6,10,13,21H,2-4,7-9,11H2,1H3. The van der Waals surface area contributed by atoms with Crippen LogP contribution < -0.4 is 0 Å². The fourth-order valence-electron chi connectivity index (χ4n) is 3.75. The molecule has 3 nitrogen and oxygen atoms in total. The molecule has 3 rings (SSSR count). The Morgan fingerprint density at radius 1 is 1.38 bits per heavy atom. The minimum Gasteiger partial charge on any atom is -0.389 e. The number of likely N-dealkylation sites (tertiary alicyclic amines) is 1. The maximum absolute atomic E-state index is 13.4. The summed E-state index contributed by atoms with van der Waals surface area (Å²) in [5, 5.41) is 10.7. The van der Waals surface area contributed by atoms with Crippen molar-refractivity contribution in [2.24, 2.45) is 5.92 Å². The molecule has 114 valence electrons. The summed E-state index contributed by atoms with van der Waals surface area (Å²) in [6, 6.07) is 4.34. The Morgan fingerprint density at radius 2 is 2.19 bits per heavy atom. The first-order chi connectivity index (χ1) is 9.99. The number of fused-ring (bicyclic) bond motifs is 1. The van der Waals surface area contributed by atoms with Gasteiger partial charge >= 0.3 is 0 Å². The van der Waals surface area contributed by atoms with Crippen molar-refractivity contribution in [2.75, 3.05) is 13.1 Å². The second-order valence-electron chi connectivity index (χ2n) is 6.51. The van der Waals surface area contributed by atoms with Gasteiger partial charge in [0.15, 0.2) is 0 Å². The lowest BCUT2D eigenvalue weighted by atomic mass is 9.71. The van der Waals surface area contributed by atoms with E-state index in [9.17, 15) is 14.3 Å². The van der Waals surface area contributed by atoms with Crippen molar-refractivity contribution in [2.45, 2.75) is 44.6 Å². The third-order valence-corrected chi connectivity index (χ3v) is 5.14. The lowest BCUT2D eigenvalue weighted by Crippen LogP contribution is -2.54. The highest BCUT2D eigenvalue weighted by atomic mass is 19.1. The lowest BCUT2D eigenvalue weighted by Gasteiger charge is -2.47. The van der Waals surface area contributed by atoms with Crippen molar-refractivity contribution in [3.05, 3.63) is 35.1 Å². The molecule has 1 N–H and O–H groups in total. The van der Waals surface area contributed by atoms with Gasteiger partial charge in [0.05, 0.1) is 5.60 Å². The lowest BCUT2D eigenvalue weighted by molar-refractivity contribution is -0.0886. The zero-order valence-electron chi connectivity index (χ0n) is 12.4. The quantitative estimate of drug-likeness (QED) is 0.864. The van der Waals surface area contributed by atoms with E-state index in [4.69, 9.17) is 0 Å². The van der Waals surface area contributed by atoms with Crippen molar-refractivity contribution < 1.29 is 14.3 Å². The van der Waals surface area contributed by atoms with Crippen molar-refractivity contribution in [1.82, 2.24) is 4.90 Å². The number of halogens is 1. The Kier molecular flexibility index (Phi) is 3.74. The van der Waals surface area contributed by atoms with Gasteiger partial charge in [0.1, 0.15) is 5.82 Å². The molecule has 2 aliphatic rings. The second-order valence-corrected chi connectivity index (χ2v) is 6.51. The molecule has 1 aromatic rings. The van der Waals surface area contributed by atoms with Crippen LogP contribution >= 0.6 is 0 Å². The summed E-state index contributed by atoms with van der Waals surface area (Å²) in [6.45, 7) is 2.97. The normalized spacial score (nSPS) is 29.1. The largest absolute Gasteiger partial charge is 0.389 e. The summed E-state index contributed by atoms with van der Waals surface area (Å²) in [5.41, 5.74) is 0.647. The number of hydrogen-bond acceptors (Lipinski definition) is 2. The highest BCUT2D eigenvalue weighted by molar-refractivity contribution is 5.95. The van der Waals surface area contributed by atoms with E-state index in [1.165, 1.54) is 12.1 Å². The van der Waals surface area contributed by atoms with Gasteiger partial charge in [0.2, 0.25) is 0 Å². The van der Waals surface area contributed by atoms with E-state index in [1.54, 1.807) is 11.0 Å². The number of nitrogens with zero attached hydrogens (tertiary/aromatic N) is 1. The average Bonchev–Trinajstić information content (AvgIpc) is 2.48. The summed E-state index contributed by atoms with van der Waals surface area (Å²) in [7, 11) is 0. The minimum absolute atomic E-state index is 0.111. The van der Waals surface area contributed by atoms with E-state index in [0.717, 1.165) is 31.2 Å². The molecule has 0 aromatic heterocycles. The van der Waals surface area contributed by atoms with Gasteiger partial charge < -0.3 is 10.0 Å². The van der Waals surface area contributed by atoms with E-state index >= 15 is 0 Å². The summed E-state index contributed by atoms with van der Waals surface area (Å²) in [5.74, 6) is -0.326. The van der Waals surface area contributed by atoms with E-state index in [2.05, 4.69) is 0 Å². The van der Waals surface area contributed by atoms with Crippen LogP contribution in [-0.4, -0.2) is 34.6 Å². The van der Waals surface area contributed by atoms with Crippen molar-refractivity contribution in [3.63, 3.8) is 0 Å². The molecular weight excluding hydrogens is 269 g/mol. The van der Waals surface area contributed by atoms with Crippen LogP contribution in [0.5, 0.6) is 0 Å². The highest BCUT2D eigenvalue weighted by Gasteiger charge is 2.43. The molecule has 0 bridgehead atoms. The molecule has 1 aliphatic heterocycles. The predicted molar refractivity (Wildman–Crippen MR) is 78.6 cm³/mol. The Balaban J connectivity index is 1.79. The average molecular weight is 291 g/mol. The molecule has 2 fully saturated rings. The van der Waals surface area contributed by atoms with Crippen molar-refractivity contribution in [3.8, 4) is 0 Å². The Morgan fingerprint density at radius 3 is 3.00 bits per heavy atom. The smallest absolute Gasteiger partial charge is 0.254 e. The molecule has 2 atom stereocenters. The summed E-state index contributed by atoms with van der Waals surface area (Å²) in [4.78, 5) is 14.4. The van der Waals surface area contributed by atoms with Crippen LogP contribution in [-0.2, 0) is 0 Å². The monoisotopic (exact) mass is 291 g/mol. The molecule has 0 spiro atoms. The third kappa shape index (κ3) is 2.69. The third-order valence-electron chi connectivity index (χ3n) is 5.14. The molecule has 1 aromatic carbocycles. The zero-order chi connectivity index (χ0) is 15.0. The van der Waals surface area contributed by atoms with Gasteiger partial charge in [0.25, 0.3) is 5.91 Å². The maximum Gasteiger partial charge on any atom is 0.254 e. The van der Waals surface area contributed by atoms with E-state index in [1.807, 2.05) is 6.92 Å². The van der Waals surface area contributed by atoms with Crippen LogP contribution in [0.3, 0.4) is 0 Å². The van der Waals surface area contributed by atoms with Crippen LogP contribution in [0.4, 0.5) is 4.39 Å². The van der Waals surface area contributed by atoms with Gasteiger partial charge in [-0.1, -0.05) is 18.9 Å². The van der Waals surface area contributed by atoms with Crippen LogP contribution in [0.15, 0.2) is 18.2 Å². The number of aliphatic hydroxyl groups is 1. The molecule has 4 heteroatoms. The van der Waals surface area contributed by atoms with E-state index in [0.29, 0.717) is 25.1 Å². The van der Waals surface area contributed by atoms with Crippen molar-refractivity contribution >= 4 is 5.91 Å². The number of carbonyl (C=O) groups is 1. The Labute approximate surface area is 124 Å². The molecule has 1 amide bonds. The molecule has 1 saturated heterocycles. The number of hydrogen-bond donors (Lipinski definition) is 1. The molecule has 1 aliphatic carbocycles. The van der Waals surface area contributed by atoms with Gasteiger partial charge in [-0.3, -0.25) is 4.79 Å². The van der Waals surface area contributed by atoms with Crippen LogP contribution in [0.2, 0.25) is 0 Å². The van der Waals surface area contributed by atoms with E-state index < -0.39 is 5.60 Å². The van der Waals surface area contributed by atoms with E-state index in [-0.39, 0.29) is 17.6 Å². The molecule has 2 unspecified atom stereocenters. The number of piperidine rings is 1. The second kappa shape index (κ2) is 5.41. The number of aryl methyl sites for hydroxylation is 1. The van der Waals surface area contributed by atoms with Gasteiger partial charge in [-0.05, 0) is 43.9 Å². The topological polar surface area (TPSA) is 40.5 Å². The molecule has 21 heavy (non-hydrogen) atoms. The fourth-order valence-corrected chi connectivity index (χ4v) is 3.75. The SMILES string of the molecule is Cc1ccc(F)cc1C(=O)N1CCC2(O)CCCCC2C1. The van der Waals surface area contributed by atoms with Gasteiger partial charge in [-0.25, -0.2) is 4.39 Å². The Hall–Kier alpha value is -1.42. The fraction of sp³-hybridized carbons (Fsp3) is 0.588. The minimum atomic E-state index is -0.591. The molecular formula is C17H22FNO2. The zero-order valence-corrected chi connectivity index (χ0v) is 12.4. The number of carbonyl (C=O) groups excluding carboxylic acids is 1. The molecule has 0 radical (unpaired) electrons. The Bertz CT molecular complexity index is 560. The maximum atomic E-state index is 13.4. The van der Waals surface area contributed by atoms with Crippen molar-refractivity contribution in [1.29, 1.82) is 0 Å². The summed E-state index contributed by atoms with van der Waals surface area (Å²) >= 11 is 0. The van der Waals surface area contributed by atoms with Crippen LogP contribution in [0, 0.1) is 18.7 Å². The first-order valence-electron chi connectivity index (χ1n) is 7.77. The van der Waals surface area contributed by atoms with Crippen LogP contribution in [0.1, 0.15) is 48.0 Å². The predicted octanol–water partition coefficient (Wildman–Crippen LogP) is 2.90. The summed E-state index contributed by atoms with van der Waals surface area (Å²) in [6.07, 6.45) is 4.65. The van der Waals surface area contributed by atoms with Gasteiger partial charge in [0, 0.05) is 24.6 Å². The number of amides is 1. The number of rotatable bonds is 1. The van der Waals surface area contributed by atoms with Gasteiger partial charge in [-0.15, -0.1) is 0 Å². The van der Waals surface area contributed by atoms with Gasteiger partial charge in [-0.2, -0.15) is 0 Å². The molecule has 1 saturated carbocycles. The van der Waals surface area contributed by atoms with Crippen LogP contribution in [0.25, 0.3) is 0 Å². The number of benzene rings is 1. The summed E-state index contributed by atoms with van der Waals surface area (Å²) < 4.78 is 13.4. The first-order valence-corrected chi connectivity index (χ1v) is 7.77. The molecule has 1 heterocycles. The highest BCUT2D eigenvalue weighted by Crippen LogP contribution is 2.40. The first kappa shape index (κ1) is 14.5.